The lowest BCUT2D eigenvalue weighted by atomic mass is 10.0. The predicted octanol–water partition coefficient (Wildman–Crippen LogP) is 4.68. The summed E-state index contributed by atoms with van der Waals surface area (Å²) in [7, 11) is 0. The van der Waals surface area contributed by atoms with E-state index in [1.807, 2.05) is 0 Å². The molecular formula is C23H40O5. The molecule has 0 bridgehead atoms. The number of aliphatic hydroxyl groups excluding tert-OH is 1. The van der Waals surface area contributed by atoms with Gasteiger partial charge in [0, 0.05) is 6.42 Å². The molecule has 0 saturated carbocycles. The van der Waals surface area contributed by atoms with Gasteiger partial charge in [-0.15, -0.1) is 0 Å². The molecule has 5 heteroatoms. The fraction of sp³-hybridized carbons (Fsp3) is 0.957. The Bertz CT molecular complexity index is 468. The molecule has 0 unspecified atom stereocenters. The number of hydrogen-bond donors (Lipinski definition) is 1. The van der Waals surface area contributed by atoms with E-state index >= 15 is 0 Å². The summed E-state index contributed by atoms with van der Waals surface area (Å²) in [5.74, 6) is -0.0988. The minimum Gasteiger partial charge on any atom is -0.460 e. The number of carbonyl (C=O) groups excluding carboxylic acids is 1. The Morgan fingerprint density at radius 1 is 0.821 bits per heavy atom. The van der Waals surface area contributed by atoms with Crippen molar-refractivity contribution >= 4 is 5.97 Å². The molecule has 0 aromatic carbocycles. The third kappa shape index (κ3) is 6.43. The third-order valence-corrected chi connectivity index (χ3v) is 6.70. The van der Waals surface area contributed by atoms with Crippen LogP contribution < -0.4 is 0 Å². The van der Waals surface area contributed by atoms with E-state index < -0.39 is 0 Å². The van der Waals surface area contributed by atoms with Gasteiger partial charge in [0.05, 0.1) is 30.5 Å². The number of unbranched alkanes of at least 4 members (excludes halogenated alkanes) is 7. The standard InChI is InChI=1S/C23H40O5/c1-2-3-4-5-6-7-8-9-10-17(24)18-11-12-19(26-18)20-13-14-21(27-20)22-15-16-23(25)28-22/h17-22,24H,2-16H2,1H3/t17-,18-,19+,20+,21+,22-/m1/s1. The molecule has 6 atom stereocenters. The summed E-state index contributed by atoms with van der Waals surface area (Å²) in [6.07, 6.45) is 16.0. The summed E-state index contributed by atoms with van der Waals surface area (Å²) in [5, 5.41) is 10.5. The third-order valence-electron chi connectivity index (χ3n) is 6.70. The lowest BCUT2D eigenvalue weighted by Gasteiger charge is -2.24. The number of aliphatic hydroxyl groups is 1. The Balaban J connectivity index is 1.27. The van der Waals surface area contributed by atoms with Gasteiger partial charge in [0.25, 0.3) is 0 Å². The summed E-state index contributed by atoms with van der Waals surface area (Å²) >= 11 is 0. The van der Waals surface area contributed by atoms with Crippen molar-refractivity contribution in [2.45, 2.75) is 140 Å². The molecule has 3 aliphatic rings. The van der Waals surface area contributed by atoms with Crippen molar-refractivity contribution in [2.75, 3.05) is 0 Å². The zero-order valence-corrected chi connectivity index (χ0v) is 17.7. The molecule has 0 aromatic heterocycles. The van der Waals surface area contributed by atoms with E-state index in [0.29, 0.717) is 6.42 Å². The lowest BCUT2D eigenvalue weighted by molar-refractivity contribution is -0.149. The average molecular weight is 397 g/mol. The topological polar surface area (TPSA) is 65.0 Å². The fourth-order valence-corrected chi connectivity index (χ4v) is 4.96. The van der Waals surface area contributed by atoms with Crippen LogP contribution in [0.5, 0.6) is 0 Å². The number of carbonyl (C=O) groups is 1. The number of ether oxygens (including phenoxy) is 3. The van der Waals surface area contributed by atoms with Gasteiger partial charge in [-0.25, -0.2) is 0 Å². The number of cyclic esters (lactones) is 1. The molecule has 3 rings (SSSR count). The first-order valence-electron chi connectivity index (χ1n) is 11.9. The molecule has 3 heterocycles. The van der Waals surface area contributed by atoms with E-state index in [4.69, 9.17) is 14.2 Å². The van der Waals surface area contributed by atoms with Crippen molar-refractivity contribution in [3.05, 3.63) is 0 Å². The van der Waals surface area contributed by atoms with Crippen molar-refractivity contribution < 1.29 is 24.1 Å². The van der Waals surface area contributed by atoms with E-state index in [-0.39, 0.29) is 42.6 Å². The lowest BCUT2D eigenvalue weighted by Crippen LogP contribution is -2.33. The minimum absolute atomic E-state index is 0.0290. The zero-order valence-electron chi connectivity index (χ0n) is 17.7. The summed E-state index contributed by atoms with van der Waals surface area (Å²) in [6, 6.07) is 0. The van der Waals surface area contributed by atoms with E-state index in [2.05, 4.69) is 6.92 Å². The van der Waals surface area contributed by atoms with Gasteiger partial charge in [-0.1, -0.05) is 58.3 Å². The molecule has 162 valence electrons. The largest absolute Gasteiger partial charge is 0.460 e. The fourth-order valence-electron chi connectivity index (χ4n) is 4.96. The normalized spacial score (nSPS) is 34.1. The molecule has 3 aliphatic heterocycles. The van der Waals surface area contributed by atoms with Gasteiger partial charge in [0.15, 0.2) is 0 Å². The van der Waals surface area contributed by atoms with Gasteiger partial charge in [-0.05, 0) is 38.5 Å². The number of rotatable bonds is 12. The second-order valence-corrected chi connectivity index (χ2v) is 8.98. The molecule has 1 N–H and O–H groups in total. The Hall–Kier alpha value is -0.650. The van der Waals surface area contributed by atoms with Gasteiger partial charge in [-0.3, -0.25) is 4.79 Å². The molecule has 0 radical (unpaired) electrons. The molecule has 0 aliphatic carbocycles. The summed E-state index contributed by atoms with van der Waals surface area (Å²) < 4.78 is 17.7. The van der Waals surface area contributed by atoms with Crippen LogP contribution >= 0.6 is 0 Å². The summed E-state index contributed by atoms with van der Waals surface area (Å²) in [4.78, 5) is 11.3. The highest BCUT2D eigenvalue weighted by atomic mass is 16.6. The van der Waals surface area contributed by atoms with Crippen molar-refractivity contribution in [3.63, 3.8) is 0 Å². The van der Waals surface area contributed by atoms with Gasteiger partial charge >= 0.3 is 5.97 Å². The van der Waals surface area contributed by atoms with Gasteiger partial charge < -0.3 is 19.3 Å². The highest BCUT2D eigenvalue weighted by Crippen LogP contribution is 2.36. The SMILES string of the molecule is CCCCCCCCCC[C@@H](O)[C@H]1CC[C@@H]([C@@H]2CC[C@@H]([C@H]3CCC(=O)O3)O2)O1. The van der Waals surface area contributed by atoms with Crippen molar-refractivity contribution in [2.24, 2.45) is 0 Å². The first-order valence-corrected chi connectivity index (χ1v) is 11.9. The predicted molar refractivity (Wildman–Crippen MR) is 108 cm³/mol. The number of hydrogen-bond acceptors (Lipinski definition) is 5. The maximum atomic E-state index is 11.3. The quantitative estimate of drug-likeness (QED) is 0.383. The van der Waals surface area contributed by atoms with E-state index in [1.165, 1.54) is 44.9 Å². The number of esters is 1. The van der Waals surface area contributed by atoms with Crippen LogP contribution in [0, 0.1) is 0 Å². The molecule has 0 amide bonds. The van der Waals surface area contributed by atoms with Crippen molar-refractivity contribution in [3.8, 4) is 0 Å². The van der Waals surface area contributed by atoms with Crippen molar-refractivity contribution in [1.29, 1.82) is 0 Å². The minimum atomic E-state index is -0.349. The zero-order chi connectivity index (χ0) is 19.8. The van der Waals surface area contributed by atoms with Crippen LogP contribution in [-0.2, 0) is 19.0 Å². The smallest absolute Gasteiger partial charge is 0.306 e. The van der Waals surface area contributed by atoms with Crippen LogP contribution in [0.3, 0.4) is 0 Å². The monoisotopic (exact) mass is 396 g/mol. The molecular weight excluding hydrogens is 356 g/mol. The summed E-state index contributed by atoms with van der Waals surface area (Å²) in [5.41, 5.74) is 0. The second-order valence-electron chi connectivity index (χ2n) is 8.98. The molecule has 28 heavy (non-hydrogen) atoms. The van der Waals surface area contributed by atoms with Gasteiger partial charge in [0.2, 0.25) is 0 Å². The summed E-state index contributed by atoms with van der Waals surface area (Å²) in [6.45, 7) is 2.25. The van der Waals surface area contributed by atoms with Crippen molar-refractivity contribution in [1.82, 2.24) is 0 Å². The Kier molecular flexibility index (Phi) is 9.06. The Morgan fingerprint density at radius 2 is 1.43 bits per heavy atom. The molecule has 3 fully saturated rings. The first-order chi connectivity index (χ1) is 13.7. The van der Waals surface area contributed by atoms with Crippen LogP contribution in [-0.4, -0.2) is 47.7 Å². The molecule has 0 aromatic rings. The van der Waals surface area contributed by atoms with E-state index in [1.54, 1.807) is 0 Å². The van der Waals surface area contributed by atoms with Crippen LogP contribution in [0.4, 0.5) is 0 Å². The second kappa shape index (κ2) is 11.5. The first kappa shape index (κ1) is 22.0. The highest BCUT2D eigenvalue weighted by molar-refractivity contribution is 5.71. The van der Waals surface area contributed by atoms with Gasteiger partial charge in [0.1, 0.15) is 6.10 Å². The Labute approximate surface area is 170 Å². The van der Waals surface area contributed by atoms with E-state index in [9.17, 15) is 9.90 Å². The van der Waals surface area contributed by atoms with Crippen LogP contribution in [0.25, 0.3) is 0 Å². The van der Waals surface area contributed by atoms with Crippen LogP contribution in [0.15, 0.2) is 0 Å². The maximum Gasteiger partial charge on any atom is 0.306 e. The average Bonchev–Trinajstić information content (AvgIpc) is 3.43. The van der Waals surface area contributed by atoms with Crippen LogP contribution in [0.2, 0.25) is 0 Å². The Morgan fingerprint density at radius 3 is 2.11 bits per heavy atom. The maximum absolute atomic E-state index is 11.3. The van der Waals surface area contributed by atoms with Gasteiger partial charge in [-0.2, -0.15) is 0 Å². The van der Waals surface area contributed by atoms with Crippen LogP contribution in [0.1, 0.15) is 103 Å². The molecule has 5 nitrogen and oxygen atoms in total. The molecule has 0 spiro atoms. The molecule has 3 saturated heterocycles. The highest BCUT2D eigenvalue weighted by Gasteiger charge is 2.43. The van der Waals surface area contributed by atoms with E-state index in [0.717, 1.165) is 44.9 Å².